The number of carbonyl (C=O) groups excluding carboxylic acids is 1. The highest BCUT2D eigenvalue weighted by Gasteiger charge is 2.30. The van der Waals surface area contributed by atoms with Gasteiger partial charge in [0.25, 0.3) is 0 Å². The topological polar surface area (TPSA) is 59.2 Å². The molecule has 4 rings (SSSR count). The molecule has 1 atom stereocenters. The molecular weight excluding hydrogens is 408 g/mol. The van der Waals surface area contributed by atoms with Crippen LogP contribution < -0.4 is 0 Å². The Balaban J connectivity index is 1.41. The van der Waals surface area contributed by atoms with Crippen LogP contribution in [0.1, 0.15) is 32.6 Å². The van der Waals surface area contributed by atoms with E-state index in [1.165, 1.54) is 6.42 Å². The molecule has 0 aromatic carbocycles. The monoisotopic (exact) mass is 440 g/mol. The smallest absolute Gasteiger partial charge is 0.225 e. The van der Waals surface area contributed by atoms with E-state index in [0.29, 0.717) is 29.8 Å². The van der Waals surface area contributed by atoms with E-state index in [2.05, 4.69) is 28.3 Å². The Kier molecular flexibility index (Phi) is 6.97. The quantitative estimate of drug-likeness (QED) is 0.508. The number of carbonyl (C=O) groups is 1. The highest BCUT2D eigenvalue weighted by atomic mass is 32.1. The van der Waals surface area contributed by atoms with Crippen molar-refractivity contribution in [1.82, 2.24) is 29.1 Å². The summed E-state index contributed by atoms with van der Waals surface area (Å²) in [6.07, 6.45) is 9.57. The van der Waals surface area contributed by atoms with Crippen molar-refractivity contribution in [2.45, 2.75) is 45.8 Å². The predicted molar refractivity (Wildman–Crippen MR) is 124 cm³/mol. The summed E-state index contributed by atoms with van der Waals surface area (Å²) < 4.78 is 4.56. The maximum Gasteiger partial charge on any atom is 0.225 e. The summed E-state index contributed by atoms with van der Waals surface area (Å²) >= 11 is 5.72. The van der Waals surface area contributed by atoms with Gasteiger partial charge in [0.2, 0.25) is 5.91 Å². The fourth-order valence-electron chi connectivity index (χ4n) is 4.69. The third-order valence-corrected chi connectivity index (χ3v) is 6.82. The van der Waals surface area contributed by atoms with Crippen LogP contribution in [0.25, 0.3) is 11.4 Å². The fraction of sp³-hybridized carbons (Fsp3) is 0.565. The number of amides is 1. The van der Waals surface area contributed by atoms with E-state index in [0.717, 1.165) is 56.8 Å². The van der Waals surface area contributed by atoms with E-state index in [1.807, 2.05) is 27.5 Å². The fourth-order valence-corrected chi connectivity index (χ4v) is 4.95. The molecule has 2 aliphatic heterocycles. The van der Waals surface area contributed by atoms with E-state index < -0.39 is 0 Å². The molecule has 31 heavy (non-hydrogen) atoms. The lowest BCUT2D eigenvalue weighted by molar-refractivity contribution is -0.139. The highest BCUT2D eigenvalue weighted by Crippen LogP contribution is 2.24. The van der Waals surface area contributed by atoms with Crippen LogP contribution in [0.5, 0.6) is 0 Å². The van der Waals surface area contributed by atoms with Gasteiger partial charge in [-0.15, -0.1) is 6.58 Å². The van der Waals surface area contributed by atoms with E-state index >= 15 is 0 Å². The zero-order valence-corrected chi connectivity index (χ0v) is 19.1. The van der Waals surface area contributed by atoms with Crippen molar-refractivity contribution >= 4 is 18.1 Å². The van der Waals surface area contributed by atoms with Gasteiger partial charge < -0.3 is 4.90 Å². The Morgan fingerprint density at radius 2 is 2.10 bits per heavy atom. The Morgan fingerprint density at radius 3 is 2.77 bits per heavy atom. The standard InChI is InChI=1S/C23H32N6OS/c1-3-11-28-21(20-7-4-10-24-15-20)25-29(23(28)31)17-26-13-8-19(9-14-26)22(30)27-12-5-6-18(2)16-27/h3-4,7,10,15,18-19H,1,5-6,8-9,11-14,16-17H2,2H3. The molecule has 0 radical (unpaired) electrons. The second-order valence-corrected chi connectivity index (χ2v) is 9.18. The van der Waals surface area contributed by atoms with Crippen LogP contribution in [0.15, 0.2) is 37.2 Å². The first kappa shape index (κ1) is 21.9. The molecule has 8 heteroatoms. The molecule has 1 amide bonds. The van der Waals surface area contributed by atoms with E-state index in [-0.39, 0.29) is 5.92 Å². The average molecular weight is 441 g/mol. The first-order valence-electron chi connectivity index (χ1n) is 11.3. The summed E-state index contributed by atoms with van der Waals surface area (Å²) in [5.41, 5.74) is 0.939. The number of piperidine rings is 2. The van der Waals surface area contributed by atoms with Gasteiger partial charge in [0, 0.05) is 56.6 Å². The molecule has 2 saturated heterocycles. The van der Waals surface area contributed by atoms with Gasteiger partial charge in [-0.1, -0.05) is 13.0 Å². The maximum absolute atomic E-state index is 12.9. The Labute approximate surface area is 189 Å². The molecule has 2 aromatic rings. The van der Waals surface area contributed by atoms with Crippen molar-refractivity contribution < 1.29 is 4.79 Å². The number of allylic oxidation sites excluding steroid dienone is 1. The van der Waals surface area contributed by atoms with Crippen LogP contribution >= 0.6 is 12.2 Å². The molecular formula is C23H32N6OS. The Hall–Kier alpha value is -2.32. The van der Waals surface area contributed by atoms with Gasteiger partial charge in [-0.2, -0.15) is 5.10 Å². The molecule has 7 nitrogen and oxygen atoms in total. The van der Waals surface area contributed by atoms with Crippen molar-refractivity contribution in [3.63, 3.8) is 0 Å². The summed E-state index contributed by atoms with van der Waals surface area (Å²) in [5.74, 6) is 1.94. The van der Waals surface area contributed by atoms with Crippen LogP contribution in [0.4, 0.5) is 0 Å². The molecule has 2 aliphatic rings. The molecule has 0 aliphatic carbocycles. The van der Waals surface area contributed by atoms with Crippen LogP contribution in [-0.4, -0.2) is 61.2 Å². The van der Waals surface area contributed by atoms with Gasteiger partial charge in [0.1, 0.15) is 0 Å². The summed E-state index contributed by atoms with van der Waals surface area (Å²) in [4.78, 5) is 21.6. The largest absolute Gasteiger partial charge is 0.342 e. The number of likely N-dealkylation sites (tertiary alicyclic amines) is 2. The number of rotatable bonds is 6. The number of hydrogen-bond donors (Lipinski definition) is 0. The van der Waals surface area contributed by atoms with Gasteiger partial charge >= 0.3 is 0 Å². The predicted octanol–water partition coefficient (Wildman–Crippen LogP) is 3.59. The van der Waals surface area contributed by atoms with Gasteiger partial charge in [0.15, 0.2) is 10.6 Å². The third-order valence-electron chi connectivity index (χ3n) is 6.39. The lowest BCUT2D eigenvalue weighted by Gasteiger charge is -2.37. The van der Waals surface area contributed by atoms with Gasteiger partial charge in [-0.25, -0.2) is 4.68 Å². The average Bonchev–Trinajstić information content (AvgIpc) is 3.10. The van der Waals surface area contributed by atoms with Gasteiger partial charge in [-0.05, 0) is 56.0 Å². The van der Waals surface area contributed by atoms with Gasteiger partial charge in [-0.3, -0.25) is 19.2 Å². The lowest BCUT2D eigenvalue weighted by atomic mass is 9.93. The zero-order valence-electron chi connectivity index (χ0n) is 18.3. The van der Waals surface area contributed by atoms with Crippen LogP contribution in [0, 0.1) is 16.6 Å². The lowest BCUT2D eigenvalue weighted by Crippen LogP contribution is -2.46. The zero-order chi connectivity index (χ0) is 21.8. The summed E-state index contributed by atoms with van der Waals surface area (Å²) in [5, 5.41) is 4.80. The van der Waals surface area contributed by atoms with Crippen molar-refractivity contribution in [1.29, 1.82) is 0 Å². The number of hydrogen-bond acceptors (Lipinski definition) is 5. The minimum Gasteiger partial charge on any atom is -0.342 e. The minimum atomic E-state index is 0.152. The molecule has 0 spiro atoms. The maximum atomic E-state index is 12.9. The molecule has 0 saturated carbocycles. The third kappa shape index (κ3) is 4.96. The van der Waals surface area contributed by atoms with Crippen LogP contribution in [0.3, 0.4) is 0 Å². The van der Waals surface area contributed by atoms with E-state index in [1.54, 1.807) is 12.4 Å². The molecule has 166 valence electrons. The van der Waals surface area contributed by atoms with E-state index in [9.17, 15) is 4.79 Å². The summed E-state index contributed by atoms with van der Waals surface area (Å²) in [6.45, 7) is 11.0. The Morgan fingerprint density at radius 1 is 1.29 bits per heavy atom. The molecule has 2 aromatic heterocycles. The SMILES string of the molecule is C=CCn1c(-c2cccnc2)nn(CN2CCC(C(=O)N3CCCC(C)C3)CC2)c1=S. The minimum absolute atomic E-state index is 0.152. The first-order chi connectivity index (χ1) is 15.1. The normalized spacial score (nSPS) is 20.7. The number of pyridine rings is 1. The number of nitrogens with zero attached hydrogens (tertiary/aromatic N) is 6. The molecule has 1 unspecified atom stereocenters. The van der Waals surface area contributed by atoms with E-state index in [4.69, 9.17) is 17.3 Å². The van der Waals surface area contributed by atoms with Crippen LogP contribution in [0.2, 0.25) is 0 Å². The van der Waals surface area contributed by atoms with Crippen molar-refractivity contribution in [3.05, 3.63) is 42.0 Å². The van der Waals surface area contributed by atoms with Crippen molar-refractivity contribution in [2.75, 3.05) is 26.2 Å². The summed E-state index contributed by atoms with van der Waals surface area (Å²) in [7, 11) is 0. The first-order valence-corrected chi connectivity index (χ1v) is 11.7. The molecule has 0 N–H and O–H groups in total. The second kappa shape index (κ2) is 9.87. The molecule has 0 bridgehead atoms. The molecule has 4 heterocycles. The van der Waals surface area contributed by atoms with Crippen LogP contribution in [-0.2, 0) is 18.0 Å². The highest BCUT2D eigenvalue weighted by molar-refractivity contribution is 7.71. The second-order valence-electron chi connectivity index (χ2n) is 8.81. The molecule has 2 fully saturated rings. The van der Waals surface area contributed by atoms with Crippen molar-refractivity contribution in [3.8, 4) is 11.4 Å². The van der Waals surface area contributed by atoms with Crippen molar-refractivity contribution in [2.24, 2.45) is 11.8 Å². The Bertz CT molecular complexity index is 960. The van der Waals surface area contributed by atoms with Gasteiger partial charge in [0.05, 0.1) is 6.67 Å². The number of aromatic nitrogens is 4. The summed E-state index contributed by atoms with van der Waals surface area (Å²) in [6, 6.07) is 3.90.